The summed E-state index contributed by atoms with van der Waals surface area (Å²) in [6.45, 7) is 0.581. The molecule has 1 amide bonds. The Labute approximate surface area is 110 Å². The van der Waals surface area contributed by atoms with Gasteiger partial charge in [0.2, 0.25) is 5.91 Å². The van der Waals surface area contributed by atoms with E-state index in [0.29, 0.717) is 13.0 Å². The number of hydrogen-bond donors (Lipinski definition) is 1. The highest BCUT2D eigenvalue weighted by Gasteiger charge is 2.08. The summed E-state index contributed by atoms with van der Waals surface area (Å²) in [5.74, 6) is -0.298. The van der Waals surface area contributed by atoms with Gasteiger partial charge in [0, 0.05) is 12.0 Å². The summed E-state index contributed by atoms with van der Waals surface area (Å²) in [6, 6.07) is 10.1. The van der Waals surface area contributed by atoms with Crippen LogP contribution >= 0.6 is 11.3 Å². The predicted molar refractivity (Wildman–Crippen MR) is 73.4 cm³/mol. The Kier molecular flexibility index (Phi) is 4.12. The molecule has 0 unspecified atom stereocenters. The van der Waals surface area contributed by atoms with E-state index in [1.165, 1.54) is 0 Å². The van der Waals surface area contributed by atoms with E-state index in [4.69, 9.17) is 10.5 Å². The molecule has 2 rings (SSSR count). The van der Waals surface area contributed by atoms with Crippen molar-refractivity contribution < 1.29 is 9.53 Å². The van der Waals surface area contributed by atoms with Crippen LogP contribution in [-0.2, 0) is 22.6 Å². The number of carbonyl (C=O) groups excluding carboxylic acids is 1. The lowest BCUT2D eigenvalue weighted by Crippen LogP contribution is -2.12. The molecule has 2 aromatic rings. The number of methoxy groups -OCH3 is 1. The summed E-state index contributed by atoms with van der Waals surface area (Å²) in [6.07, 6.45) is 0.303. The van der Waals surface area contributed by atoms with Crippen molar-refractivity contribution in [2.24, 2.45) is 5.73 Å². The average Bonchev–Trinajstić information content (AvgIpc) is 2.77. The summed E-state index contributed by atoms with van der Waals surface area (Å²) >= 11 is 1.56. The number of nitrogens with two attached hydrogens (primary N) is 1. The molecule has 18 heavy (non-hydrogen) atoms. The van der Waals surface area contributed by atoms with E-state index in [-0.39, 0.29) is 5.91 Å². The van der Waals surface area contributed by atoms with E-state index in [9.17, 15) is 4.79 Å². The minimum Gasteiger partial charge on any atom is -0.380 e. The van der Waals surface area contributed by atoms with Crippen molar-refractivity contribution in [3.63, 3.8) is 0 Å². The molecule has 0 saturated carbocycles. The first-order valence-electron chi connectivity index (χ1n) is 5.63. The Morgan fingerprint density at radius 2 is 2.17 bits per heavy atom. The number of amides is 1. The van der Waals surface area contributed by atoms with E-state index < -0.39 is 0 Å². The Morgan fingerprint density at radius 1 is 1.39 bits per heavy atom. The number of thiophene rings is 1. The van der Waals surface area contributed by atoms with Gasteiger partial charge in [-0.25, -0.2) is 0 Å². The number of ether oxygens (including phenoxy) is 1. The van der Waals surface area contributed by atoms with E-state index >= 15 is 0 Å². The van der Waals surface area contributed by atoms with Gasteiger partial charge in [-0.05, 0) is 28.1 Å². The highest BCUT2D eigenvalue weighted by molar-refractivity contribution is 7.10. The summed E-state index contributed by atoms with van der Waals surface area (Å²) in [7, 11) is 1.68. The lowest BCUT2D eigenvalue weighted by Gasteiger charge is -2.06. The standard InChI is InChI=1S/C14H15NO2S/c1-17-8-10-4-2-3-5-13(10)11-6-12(18-9-11)7-14(15)16/h2-6,9H,7-8H2,1H3,(H2,15,16). The molecule has 0 fully saturated rings. The SMILES string of the molecule is COCc1ccccc1-c1csc(CC(N)=O)c1. The summed E-state index contributed by atoms with van der Waals surface area (Å²) < 4.78 is 5.19. The van der Waals surface area contributed by atoms with E-state index in [2.05, 4.69) is 6.07 Å². The maximum absolute atomic E-state index is 10.9. The van der Waals surface area contributed by atoms with Crippen LogP contribution < -0.4 is 5.73 Å². The number of rotatable bonds is 5. The van der Waals surface area contributed by atoms with Crippen molar-refractivity contribution in [2.75, 3.05) is 7.11 Å². The molecule has 4 heteroatoms. The number of hydrogen-bond acceptors (Lipinski definition) is 3. The minimum absolute atomic E-state index is 0.298. The lowest BCUT2D eigenvalue weighted by molar-refractivity contribution is -0.117. The van der Waals surface area contributed by atoms with Gasteiger partial charge in [-0.15, -0.1) is 11.3 Å². The van der Waals surface area contributed by atoms with Crippen LogP contribution in [0.1, 0.15) is 10.4 Å². The van der Waals surface area contributed by atoms with Gasteiger partial charge in [0.25, 0.3) is 0 Å². The van der Waals surface area contributed by atoms with Crippen LogP contribution in [0.4, 0.5) is 0 Å². The zero-order valence-electron chi connectivity index (χ0n) is 10.2. The molecule has 0 bridgehead atoms. The fraction of sp³-hybridized carbons (Fsp3) is 0.214. The smallest absolute Gasteiger partial charge is 0.222 e. The molecule has 0 saturated heterocycles. The molecular weight excluding hydrogens is 246 g/mol. The fourth-order valence-electron chi connectivity index (χ4n) is 1.87. The van der Waals surface area contributed by atoms with Crippen LogP contribution in [0, 0.1) is 0 Å². The largest absolute Gasteiger partial charge is 0.380 e. The van der Waals surface area contributed by atoms with Gasteiger partial charge in [0.1, 0.15) is 0 Å². The van der Waals surface area contributed by atoms with Gasteiger partial charge in [-0.1, -0.05) is 24.3 Å². The van der Waals surface area contributed by atoms with Gasteiger partial charge in [-0.3, -0.25) is 4.79 Å². The van der Waals surface area contributed by atoms with E-state index in [0.717, 1.165) is 21.6 Å². The first-order chi connectivity index (χ1) is 8.70. The first-order valence-corrected chi connectivity index (χ1v) is 6.51. The van der Waals surface area contributed by atoms with Crippen LogP contribution in [0.5, 0.6) is 0 Å². The Morgan fingerprint density at radius 3 is 2.89 bits per heavy atom. The van der Waals surface area contributed by atoms with Crippen LogP contribution in [0.3, 0.4) is 0 Å². The molecule has 94 valence electrons. The molecule has 0 atom stereocenters. The first kappa shape index (κ1) is 12.8. The van der Waals surface area contributed by atoms with Crippen molar-refractivity contribution in [1.29, 1.82) is 0 Å². The molecule has 2 N–H and O–H groups in total. The quantitative estimate of drug-likeness (QED) is 0.899. The Hall–Kier alpha value is -1.65. The molecule has 1 aromatic carbocycles. The summed E-state index contributed by atoms with van der Waals surface area (Å²) in [5.41, 5.74) is 8.60. The number of primary amides is 1. The molecule has 0 spiro atoms. The second kappa shape index (κ2) is 5.80. The highest BCUT2D eigenvalue weighted by Crippen LogP contribution is 2.29. The number of benzene rings is 1. The molecule has 0 radical (unpaired) electrons. The molecule has 3 nitrogen and oxygen atoms in total. The Bertz CT molecular complexity index is 548. The zero-order valence-corrected chi connectivity index (χ0v) is 11.0. The zero-order chi connectivity index (χ0) is 13.0. The molecular formula is C14H15NO2S. The molecule has 0 aliphatic heterocycles. The molecule has 0 aliphatic rings. The second-order valence-corrected chi connectivity index (χ2v) is 5.03. The Balaban J connectivity index is 2.30. The van der Waals surface area contributed by atoms with Crippen molar-refractivity contribution in [3.05, 3.63) is 46.2 Å². The fourth-order valence-corrected chi connectivity index (χ4v) is 2.76. The predicted octanol–water partition coefficient (Wildman–Crippen LogP) is 2.59. The average molecular weight is 261 g/mol. The van der Waals surface area contributed by atoms with Crippen LogP contribution in [0.15, 0.2) is 35.7 Å². The van der Waals surface area contributed by atoms with Gasteiger partial charge < -0.3 is 10.5 Å². The van der Waals surface area contributed by atoms with Crippen LogP contribution in [0.25, 0.3) is 11.1 Å². The van der Waals surface area contributed by atoms with E-state index in [1.54, 1.807) is 18.4 Å². The topological polar surface area (TPSA) is 52.3 Å². The van der Waals surface area contributed by atoms with Gasteiger partial charge in [-0.2, -0.15) is 0 Å². The third-order valence-corrected chi connectivity index (χ3v) is 3.57. The number of carbonyl (C=O) groups is 1. The third kappa shape index (κ3) is 2.97. The van der Waals surface area contributed by atoms with Gasteiger partial charge in [0.05, 0.1) is 13.0 Å². The second-order valence-electron chi connectivity index (χ2n) is 4.03. The third-order valence-electron chi connectivity index (χ3n) is 2.63. The van der Waals surface area contributed by atoms with Crippen molar-refractivity contribution in [3.8, 4) is 11.1 Å². The van der Waals surface area contributed by atoms with Crippen LogP contribution in [-0.4, -0.2) is 13.0 Å². The normalized spacial score (nSPS) is 10.5. The molecule has 1 heterocycles. The van der Waals surface area contributed by atoms with E-state index in [1.807, 2.05) is 29.6 Å². The maximum Gasteiger partial charge on any atom is 0.222 e. The van der Waals surface area contributed by atoms with Crippen molar-refractivity contribution >= 4 is 17.2 Å². The minimum atomic E-state index is -0.298. The van der Waals surface area contributed by atoms with Crippen molar-refractivity contribution in [1.82, 2.24) is 0 Å². The molecule has 0 aliphatic carbocycles. The van der Waals surface area contributed by atoms with Crippen molar-refractivity contribution in [2.45, 2.75) is 13.0 Å². The van der Waals surface area contributed by atoms with Gasteiger partial charge >= 0.3 is 0 Å². The summed E-state index contributed by atoms with van der Waals surface area (Å²) in [5, 5.41) is 2.05. The van der Waals surface area contributed by atoms with Gasteiger partial charge in [0.15, 0.2) is 0 Å². The lowest BCUT2D eigenvalue weighted by atomic mass is 10.0. The maximum atomic E-state index is 10.9. The monoisotopic (exact) mass is 261 g/mol. The summed E-state index contributed by atoms with van der Waals surface area (Å²) in [4.78, 5) is 11.9. The van der Waals surface area contributed by atoms with Crippen LogP contribution in [0.2, 0.25) is 0 Å². The highest BCUT2D eigenvalue weighted by atomic mass is 32.1. The molecule has 1 aromatic heterocycles.